The van der Waals surface area contributed by atoms with Crippen molar-refractivity contribution in [3.63, 3.8) is 0 Å². The minimum absolute atomic E-state index is 0.0748. The minimum Gasteiger partial charge on any atom is -0.439 e. The molecule has 3 aromatic rings. The maximum absolute atomic E-state index is 13.5. The number of oxazole rings is 1. The number of halogens is 3. The molecular formula is C16H11ClF2N2O. The maximum Gasteiger partial charge on any atom is 0.214 e. The summed E-state index contributed by atoms with van der Waals surface area (Å²) in [6.07, 6.45) is 1.55. The molecule has 0 aliphatic carbocycles. The molecule has 0 fully saturated rings. The first-order valence-corrected chi connectivity index (χ1v) is 6.90. The van der Waals surface area contributed by atoms with Gasteiger partial charge in [0, 0.05) is 10.6 Å². The molecule has 2 aromatic carbocycles. The monoisotopic (exact) mass is 320 g/mol. The van der Waals surface area contributed by atoms with Crippen LogP contribution in [0.5, 0.6) is 0 Å². The van der Waals surface area contributed by atoms with E-state index in [-0.39, 0.29) is 12.2 Å². The van der Waals surface area contributed by atoms with Gasteiger partial charge in [-0.05, 0) is 36.4 Å². The predicted octanol–water partition coefficient (Wildman–Crippen LogP) is 4.89. The van der Waals surface area contributed by atoms with Crippen molar-refractivity contribution in [2.45, 2.75) is 6.54 Å². The minimum atomic E-state index is -0.663. The molecule has 3 rings (SSSR count). The average Bonchev–Trinajstić information content (AvgIpc) is 2.96. The number of nitrogens with zero attached hydrogens (tertiary/aromatic N) is 1. The first-order valence-electron chi connectivity index (χ1n) is 6.52. The molecule has 0 aliphatic heterocycles. The van der Waals surface area contributed by atoms with Gasteiger partial charge in [-0.1, -0.05) is 17.7 Å². The van der Waals surface area contributed by atoms with Gasteiger partial charge in [0.2, 0.25) is 5.89 Å². The van der Waals surface area contributed by atoms with Gasteiger partial charge in [0.05, 0.1) is 12.7 Å². The number of hydrogen-bond acceptors (Lipinski definition) is 3. The summed E-state index contributed by atoms with van der Waals surface area (Å²) in [5, 5.41) is 3.27. The van der Waals surface area contributed by atoms with Crippen LogP contribution in [0.3, 0.4) is 0 Å². The van der Waals surface area contributed by atoms with Crippen LogP contribution in [0.1, 0.15) is 5.89 Å². The normalized spacial score (nSPS) is 10.7. The van der Waals surface area contributed by atoms with Crippen LogP contribution < -0.4 is 5.32 Å². The number of rotatable bonds is 4. The number of benzene rings is 2. The van der Waals surface area contributed by atoms with Crippen LogP contribution >= 0.6 is 11.6 Å². The van der Waals surface area contributed by atoms with E-state index in [0.717, 1.165) is 5.56 Å². The highest BCUT2D eigenvalue weighted by atomic mass is 35.5. The number of aromatic nitrogens is 1. The molecule has 3 nitrogen and oxygen atoms in total. The number of anilines is 1. The third kappa shape index (κ3) is 3.09. The molecule has 1 aromatic heterocycles. The van der Waals surface area contributed by atoms with E-state index in [1.165, 1.54) is 18.2 Å². The Kier molecular flexibility index (Phi) is 4.06. The van der Waals surface area contributed by atoms with Crippen LogP contribution in [0.25, 0.3) is 11.3 Å². The van der Waals surface area contributed by atoms with Crippen molar-refractivity contribution >= 4 is 17.3 Å². The van der Waals surface area contributed by atoms with E-state index >= 15 is 0 Å². The second kappa shape index (κ2) is 6.15. The maximum atomic E-state index is 13.5. The Balaban J connectivity index is 1.73. The highest BCUT2D eigenvalue weighted by molar-refractivity contribution is 6.30. The summed E-state index contributed by atoms with van der Waals surface area (Å²) >= 11 is 5.82. The third-order valence-corrected chi connectivity index (χ3v) is 3.31. The SMILES string of the molecule is Fc1cccc(F)c1NCc1ncc(-c2ccc(Cl)cc2)o1. The van der Waals surface area contributed by atoms with E-state index in [2.05, 4.69) is 10.3 Å². The third-order valence-electron chi connectivity index (χ3n) is 3.06. The van der Waals surface area contributed by atoms with Crippen LogP contribution in [0, 0.1) is 11.6 Å². The van der Waals surface area contributed by atoms with Gasteiger partial charge in [-0.25, -0.2) is 13.8 Å². The zero-order valence-corrected chi connectivity index (χ0v) is 12.1. The second-order valence-corrected chi connectivity index (χ2v) is 5.01. The van der Waals surface area contributed by atoms with Gasteiger partial charge in [0.15, 0.2) is 5.76 Å². The van der Waals surface area contributed by atoms with E-state index in [0.29, 0.717) is 16.7 Å². The van der Waals surface area contributed by atoms with Crippen LogP contribution in [0.2, 0.25) is 5.02 Å². The molecule has 6 heteroatoms. The summed E-state index contributed by atoms with van der Waals surface area (Å²) in [4.78, 5) is 4.08. The van der Waals surface area contributed by atoms with Crippen molar-refractivity contribution in [2.75, 3.05) is 5.32 Å². The first-order chi connectivity index (χ1) is 10.6. The summed E-state index contributed by atoms with van der Waals surface area (Å²) in [5.41, 5.74) is 0.619. The predicted molar refractivity (Wildman–Crippen MR) is 80.6 cm³/mol. The number of nitrogens with one attached hydrogen (secondary N) is 1. The summed E-state index contributed by atoms with van der Waals surface area (Å²) in [6.45, 7) is 0.0748. The largest absolute Gasteiger partial charge is 0.439 e. The Labute approximate surface area is 130 Å². The van der Waals surface area contributed by atoms with Gasteiger partial charge in [-0.3, -0.25) is 0 Å². The molecule has 0 saturated heterocycles. The van der Waals surface area contributed by atoms with E-state index in [4.69, 9.17) is 16.0 Å². The van der Waals surface area contributed by atoms with Crippen LogP contribution in [0.15, 0.2) is 53.1 Å². The molecule has 0 bridgehead atoms. The van der Waals surface area contributed by atoms with E-state index in [1.807, 2.05) is 0 Å². The Morgan fingerprint density at radius 3 is 2.41 bits per heavy atom. The molecule has 0 unspecified atom stereocenters. The Morgan fingerprint density at radius 1 is 1.05 bits per heavy atom. The lowest BCUT2D eigenvalue weighted by Crippen LogP contribution is -2.03. The Bertz CT molecular complexity index is 767. The molecule has 112 valence electrons. The zero-order valence-electron chi connectivity index (χ0n) is 11.3. The molecule has 0 aliphatic rings. The van der Waals surface area contributed by atoms with Gasteiger partial charge >= 0.3 is 0 Å². The highest BCUT2D eigenvalue weighted by Crippen LogP contribution is 2.23. The lowest BCUT2D eigenvalue weighted by molar-refractivity contribution is 0.513. The fourth-order valence-corrected chi connectivity index (χ4v) is 2.10. The van der Waals surface area contributed by atoms with Gasteiger partial charge in [0.1, 0.15) is 17.3 Å². The first kappa shape index (κ1) is 14.5. The van der Waals surface area contributed by atoms with Crippen LogP contribution in [-0.2, 0) is 6.54 Å². The molecule has 1 heterocycles. The molecule has 1 N–H and O–H groups in total. The van der Waals surface area contributed by atoms with Crippen molar-refractivity contribution in [3.8, 4) is 11.3 Å². The molecule has 0 atom stereocenters. The van der Waals surface area contributed by atoms with Crippen LogP contribution in [0.4, 0.5) is 14.5 Å². The fourth-order valence-electron chi connectivity index (χ4n) is 1.97. The smallest absolute Gasteiger partial charge is 0.214 e. The van der Waals surface area contributed by atoms with Crippen LogP contribution in [-0.4, -0.2) is 4.98 Å². The molecule has 22 heavy (non-hydrogen) atoms. The quantitative estimate of drug-likeness (QED) is 0.744. The molecule has 0 radical (unpaired) electrons. The summed E-state index contributed by atoms with van der Waals surface area (Å²) in [5.74, 6) is -0.441. The number of hydrogen-bond donors (Lipinski definition) is 1. The summed E-state index contributed by atoms with van der Waals surface area (Å²) < 4.78 is 32.5. The van der Waals surface area contributed by atoms with E-state index in [1.54, 1.807) is 30.5 Å². The standard InChI is InChI=1S/C16H11ClF2N2O/c17-11-6-4-10(5-7-11)14-8-20-15(22-14)9-21-16-12(18)2-1-3-13(16)19/h1-8,21H,9H2. The van der Waals surface area contributed by atoms with Gasteiger partial charge in [-0.15, -0.1) is 0 Å². The van der Waals surface area contributed by atoms with Crippen molar-refractivity contribution in [3.05, 3.63) is 71.2 Å². The summed E-state index contributed by atoms with van der Waals surface area (Å²) in [6, 6.07) is 10.8. The topological polar surface area (TPSA) is 38.1 Å². The van der Waals surface area contributed by atoms with Crippen molar-refractivity contribution in [1.82, 2.24) is 4.98 Å². The van der Waals surface area contributed by atoms with Gasteiger partial charge in [0.25, 0.3) is 0 Å². The molecule has 0 spiro atoms. The fraction of sp³-hybridized carbons (Fsp3) is 0.0625. The van der Waals surface area contributed by atoms with Gasteiger partial charge in [-0.2, -0.15) is 0 Å². The molecule has 0 saturated carbocycles. The highest BCUT2D eigenvalue weighted by Gasteiger charge is 2.10. The molecule has 0 amide bonds. The average molecular weight is 321 g/mol. The number of para-hydroxylation sites is 1. The van der Waals surface area contributed by atoms with Crippen molar-refractivity contribution in [1.29, 1.82) is 0 Å². The van der Waals surface area contributed by atoms with Crippen molar-refractivity contribution in [2.24, 2.45) is 0 Å². The Hall–Kier alpha value is -2.40. The lowest BCUT2D eigenvalue weighted by Gasteiger charge is -2.06. The molecular weight excluding hydrogens is 310 g/mol. The van der Waals surface area contributed by atoms with Crippen molar-refractivity contribution < 1.29 is 13.2 Å². The second-order valence-electron chi connectivity index (χ2n) is 4.58. The van der Waals surface area contributed by atoms with E-state index in [9.17, 15) is 8.78 Å². The Morgan fingerprint density at radius 2 is 1.73 bits per heavy atom. The van der Waals surface area contributed by atoms with E-state index < -0.39 is 11.6 Å². The zero-order chi connectivity index (χ0) is 15.5. The summed E-state index contributed by atoms with van der Waals surface area (Å²) in [7, 11) is 0. The van der Waals surface area contributed by atoms with Gasteiger partial charge < -0.3 is 9.73 Å². The lowest BCUT2D eigenvalue weighted by atomic mass is 10.2.